The third kappa shape index (κ3) is 2.32. The Balaban J connectivity index is 1.70. The first kappa shape index (κ1) is 12.5. The van der Waals surface area contributed by atoms with Crippen LogP contribution in [0.3, 0.4) is 0 Å². The van der Waals surface area contributed by atoms with E-state index in [1.54, 1.807) is 6.92 Å². The van der Waals surface area contributed by atoms with Crippen molar-refractivity contribution in [3.05, 3.63) is 23.8 Å². The topological polar surface area (TPSA) is 41.6 Å². The van der Waals surface area contributed by atoms with E-state index in [2.05, 4.69) is 24.4 Å². The van der Waals surface area contributed by atoms with Crippen LogP contribution in [-0.2, 0) is 16.0 Å². The highest BCUT2D eigenvalue weighted by molar-refractivity contribution is 5.94. The van der Waals surface area contributed by atoms with E-state index in [4.69, 9.17) is 4.74 Å². The molecule has 0 bridgehead atoms. The highest BCUT2D eigenvalue weighted by Crippen LogP contribution is 2.32. The quantitative estimate of drug-likeness (QED) is 0.904. The van der Waals surface area contributed by atoms with Crippen LogP contribution >= 0.6 is 0 Å². The molecule has 3 rings (SSSR count). The van der Waals surface area contributed by atoms with Gasteiger partial charge in [0.15, 0.2) is 0 Å². The number of rotatable bonds is 3. The summed E-state index contributed by atoms with van der Waals surface area (Å²) in [6.07, 6.45) is 0.949. The third-order valence-corrected chi connectivity index (χ3v) is 3.98. The molecular weight excluding hydrogens is 240 g/mol. The second-order valence-corrected chi connectivity index (χ2v) is 5.92. The van der Waals surface area contributed by atoms with E-state index in [0.717, 1.165) is 44.1 Å². The molecule has 1 aromatic rings. The van der Waals surface area contributed by atoms with Crippen LogP contribution in [0.15, 0.2) is 18.2 Å². The molecule has 0 aromatic heterocycles. The minimum atomic E-state index is 0.124. The van der Waals surface area contributed by atoms with Crippen molar-refractivity contribution in [1.29, 1.82) is 0 Å². The first-order chi connectivity index (χ1) is 9.07. The zero-order chi connectivity index (χ0) is 13.5. The van der Waals surface area contributed by atoms with E-state index < -0.39 is 0 Å². The fraction of sp³-hybridized carbons (Fsp3) is 0.533. The predicted octanol–water partition coefficient (Wildman–Crippen LogP) is 2.04. The van der Waals surface area contributed by atoms with Gasteiger partial charge in [-0.05, 0) is 30.2 Å². The summed E-state index contributed by atoms with van der Waals surface area (Å²) in [6, 6.07) is 6.27. The number of carbonyl (C=O) groups is 1. The highest BCUT2D eigenvalue weighted by atomic mass is 16.5. The lowest BCUT2D eigenvalue weighted by Gasteiger charge is -2.38. The van der Waals surface area contributed by atoms with Crippen LogP contribution in [0.25, 0.3) is 0 Å². The van der Waals surface area contributed by atoms with E-state index in [9.17, 15) is 4.79 Å². The average molecular weight is 260 g/mol. The lowest BCUT2D eigenvalue weighted by Crippen LogP contribution is -2.45. The Morgan fingerprint density at radius 1 is 1.47 bits per heavy atom. The summed E-state index contributed by atoms with van der Waals surface area (Å²) in [6.45, 7) is 7.26. The molecule has 102 valence electrons. The van der Waals surface area contributed by atoms with Gasteiger partial charge < -0.3 is 15.0 Å². The van der Waals surface area contributed by atoms with Crippen molar-refractivity contribution >= 4 is 17.3 Å². The molecule has 1 fully saturated rings. The molecule has 19 heavy (non-hydrogen) atoms. The zero-order valence-corrected chi connectivity index (χ0v) is 11.5. The predicted molar refractivity (Wildman–Crippen MR) is 75.6 cm³/mol. The van der Waals surface area contributed by atoms with Crippen LogP contribution in [0.2, 0.25) is 0 Å². The molecule has 4 nitrogen and oxygen atoms in total. The molecule has 0 spiro atoms. The number of benzene rings is 1. The van der Waals surface area contributed by atoms with E-state index in [1.807, 2.05) is 11.0 Å². The molecule has 4 heteroatoms. The number of carbonyl (C=O) groups excluding carboxylic acids is 1. The number of fused-ring (bicyclic) bond motifs is 1. The van der Waals surface area contributed by atoms with Gasteiger partial charge in [0.25, 0.3) is 0 Å². The first-order valence-electron chi connectivity index (χ1n) is 6.80. The summed E-state index contributed by atoms with van der Waals surface area (Å²) >= 11 is 0. The van der Waals surface area contributed by atoms with Gasteiger partial charge in [0.05, 0.1) is 13.2 Å². The van der Waals surface area contributed by atoms with Gasteiger partial charge in [-0.3, -0.25) is 4.79 Å². The maximum Gasteiger partial charge on any atom is 0.223 e. The van der Waals surface area contributed by atoms with Gasteiger partial charge in [0.2, 0.25) is 5.91 Å². The van der Waals surface area contributed by atoms with Gasteiger partial charge in [-0.2, -0.15) is 0 Å². The Kier molecular flexibility index (Phi) is 2.97. The summed E-state index contributed by atoms with van der Waals surface area (Å²) in [5.74, 6) is 0.124. The SMILES string of the molecule is CC(=O)N1CCc2cc(NCC3(C)COC3)ccc21. The standard InChI is InChI=1S/C15H20N2O2/c1-11(18)17-6-5-12-7-13(3-4-14(12)17)16-8-15(2)9-19-10-15/h3-4,7,16H,5-6,8-10H2,1-2H3. The molecule has 0 saturated carbocycles. The second-order valence-electron chi connectivity index (χ2n) is 5.92. The van der Waals surface area contributed by atoms with Crippen LogP contribution in [0.1, 0.15) is 19.4 Å². The molecule has 1 N–H and O–H groups in total. The Bertz CT molecular complexity index is 509. The van der Waals surface area contributed by atoms with Gasteiger partial charge in [0.1, 0.15) is 0 Å². The fourth-order valence-corrected chi connectivity index (χ4v) is 2.71. The summed E-state index contributed by atoms with van der Waals surface area (Å²) in [5, 5.41) is 3.48. The molecule has 0 aliphatic carbocycles. The largest absolute Gasteiger partial charge is 0.384 e. The maximum absolute atomic E-state index is 11.5. The van der Waals surface area contributed by atoms with Gasteiger partial charge >= 0.3 is 0 Å². The fourth-order valence-electron chi connectivity index (χ4n) is 2.71. The number of anilines is 2. The third-order valence-electron chi connectivity index (χ3n) is 3.98. The van der Waals surface area contributed by atoms with Crippen molar-refractivity contribution in [2.75, 3.05) is 36.5 Å². The van der Waals surface area contributed by atoms with Crippen LogP contribution < -0.4 is 10.2 Å². The number of ether oxygens (including phenoxy) is 1. The molecule has 1 amide bonds. The lowest BCUT2D eigenvalue weighted by atomic mass is 9.88. The average Bonchev–Trinajstić information content (AvgIpc) is 2.77. The summed E-state index contributed by atoms with van der Waals surface area (Å²) in [5.41, 5.74) is 3.73. The Hall–Kier alpha value is -1.55. The van der Waals surface area contributed by atoms with Crippen molar-refractivity contribution in [3.8, 4) is 0 Å². The molecular formula is C15H20N2O2. The number of nitrogens with one attached hydrogen (secondary N) is 1. The number of hydrogen-bond acceptors (Lipinski definition) is 3. The number of amides is 1. The molecule has 1 aromatic carbocycles. The van der Waals surface area contributed by atoms with Crippen LogP contribution in [0, 0.1) is 5.41 Å². The van der Waals surface area contributed by atoms with Gasteiger partial charge in [0, 0.05) is 36.8 Å². The van der Waals surface area contributed by atoms with Crippen molar-refractivity contribution < 1.29 is 9.53 Å². The second kappa shape index (κ2) is 4.53. The van der Waals surface area contributed by atoms with Gasteiger partial charge in [-0.1, -0.05) is 6.92 Å². The Morgan fingerprint density at radius 3 is 2.89 bits per heavy atom. The molecule has 2 heterocycles. The van der Waals surface area contributed by atoms with E-state index >= 15 is 0 Å². The molecule has 0 radical (unpaired) electrons. The smallest absolute Gasteiger partial charge is 0.223 e. The minimum Gasteiger partial charge on any atom is -0.384 e. The minimum absolute atomic E-state index is 0.124. The molecule has 0 atom stereocenters. The summed E-state index contributed by atoms with van der Waals surface area (Å²) in [4.78, 5) is 13.3. The van der Waals surface area contributed by atoms with Crippen molar-refractivity contribution in [2.45, 2.75) is 20.3 Å². The summed E-state index contributed by atoms with van der Waals surface area (Å²) in [7, 11) is 0. The number of nitrogens with zero attached hydrogens (tertiary/aromatic N) is 1. The highest BCUT2D eigenvalue weighted by Gasteiger charge is 2.33. The maximum atomic E-state index is 11.5. The monoisotopic (exact) mass is 260 g/mol. The van der Waals surface area contributed by atoms with Crippen molar-refractivity contribution in [3.63, 3.8) is 0 Å². The molecule has 2 aliphatic rings. The first-order valence-corrected chi connectivity index (χ1v) is 6.80. The van der Waals surface area contributed by atoms with Crippen LogP contribution in [-0.4, -0.2) is 32.2 Å². The van der Waals surface area contributed by atoms with Crippen molar-refractivity contribution in [2.24, 2.45) is 5.41 Å². The van der Waals surface area contributed by atoms with Gasteiger partial charge in [-0.25, -0.2) is 0 Å². The van der Waals surface area contributed by atoms with Gasteiger partial charge in [-0.15, -0.1) is 0 Å². The Morgan fingerprint density at radius 2 is 2.26 bits per heavy atom. The molecule has 0 unspecified atom stereocenters. The van der Waals surface area contributed by atoms with E-state index in [-0.39, 0.29) is 11.3 Å². The van der Waals surface area contributed by atoms with E-state index in [1.165, 1.54) is 5.56 Å². The summed E-state index contributed by atoms with van der Waals surface area (Å²) < 4.78 is 5.26. The van der Waals surface area contributed by atoms with Crippen molar-refractivity contribution in [1.82, 2.24) is 0 Å². The van der Waals surface area contributed by atoms with Crippen LogP contribution in [0.5, 0.6) is 0 Å². The van der Waals surface area contributed by atoms with E-state index in [0.29, 0.717) is 0 Å². The zero-order valence-electron chi connectivity index (χ0n) is 11.5. The van der Waals surface area contributed by atoms with Crippen LogP contribution in [0.4, 0.5) is 11.4 Å². The molecule has 2 aliphatic heterocycles. The lowest BCUT2D eigenvalue weighted by molar-refractivity contribution is -0.116. The normalized spacial score (nSPS) is 19.8. The molecule has 1 saturated heterocycles. The number of hydrogen-bond donors (Lipinski definition) is 1. The Labute approximate surface area is 113 Å².